The lowest BCUT2D eigenvalue weighted by Crippen LogP contribution is -2.44. The molecule has 3 aromatic rings. The molecule has 0 unspecified atom stereocenters. The Morgan fingerprint density at radius 1 is 1.00 bits per heavy atom. The number of piperazine rings is 1. The summed E-state index contributed by atoms with van der Waals surface area (Å²) in [6.45, 7) is 8.39. The third-order valence-corrected chi connectivity index (χ3v) is 6.75. The molecular formula is C21H25ClN4S. The number of aryl methyl sites for hydroxylation is 2. The summed E-state index contributed by atoms with van der Waals surface area (Å²) in [5.41, 5.74) is 3.89. The summed E-state index contributed by atoms with van der Waals surface area (Å²) >= 11 is 8.06. The van der Waals surface area contributed by atoms with Gasteiger partial charge in [0.1, 0.15) is 10.6 Å². The third-order valence-electron chi connectivity index (χ3n) is 5.35. The first-order valence-electron chi connectivity index (χ1n) is 9.62. The van der Waals surface area contributed by atoms with Crippen LogP contribution in [0.2, 0.25) is 5.28 Å². The minimum Gasteiger partial charge on any atom is -0.353 e. The number of rotatable bonds is 4. The second-order valence-electron chi connectivity index (χ2n) is 7.09. The van der Waals surface area contributed by atoms with Gasteiger partial charge < -0.3 is 9.80 Å². The van der Waals surface area contributed by atoms with Crippen LogP contribution in [0.25, 0.3) is 21.3 Å². The van der Waals surface area contributed by atoms with Crippen LogP contribution in [-0.4, -0.2) is 48.1 Å². The van der Waals surface area contributed by atoms with Gasteiger partial charge in [0.25, 0.3) is 0 Å². The molecule has 4 nitrogen and oxygen atoms in total. The molecule has 1 fully saturated rings. The number of halogens is 1. The van der Waals surface area contributed by atoms with E-state index in [1.165, 1.54) is 21.6 Å². The Morgan fingerprint density at radius 2 is 1.70 bits per heavy atom. The monoisotopic (exact) mass is 400 g/mol. The van der Waals surface area contributed by atoms with Gasteiger partial charge in [0, 0.05) is 36.6 Å². The van der Waals surface area contributed by atoms with E-state index in [1.54, 1.807) is 11.3 Å². The lowest BCUT2D eigenvalue weighted by Gasteiger charge is -2.33. The molecule has 27 heavy (non-hydrogen) atoms. The summed E-state index contributed by atoms with van der Waals surface area (Å²) in [5, 5.41) is 1.50. The lowest BCUT2D eigenvalue weighted by atomic mass is 10.00. The fourth-order valence-corrected chi connectivity index (χ4v) is 5.05. The van der Waals surface area contributed by atoms with E-state index >= 15 is 0 Å². The Bertz CT molecular complexity index is 943. The normalized spacial score (nSPS) is 15.6. The van der Waals surface area contributed by atoms with Crippen LogP contribution in [-0.2, 0) is 12.8 Å². The number of benzene rings is 1. The average molecular weight is 401 g/mol. The van der Waals surface area contributed by atoms with E-state index in [9.17, 15) is 0 Å². The summed E-state index contributed by atoms with van der Waals surface area (Å²) in [7, 11) is 2.17. The molecule has 6 heteroatoms. The number of aromatic nitrogens is 2. The van der Waals surface area contributed by atoms with Crippen LogP contribution >= 0.6 is 22.9 Å². The smallest absolute Gasteiger partial charge is 0.225 e. The SMILES string of the molecule is CCc1ccc(-c2c(CC)sc3nc(Cl)nc(N4CCN(C)CC4)c23)cc1. The Labute approximate surface area is 169 Å². The largest absolute Gasteiger partial charge is 0.353 e. The van der Waals surface area contributed by atoms with E-state index < -0.39 is 0 Å². The van der Waals surface area contributed by atoms with E-state index in [2.05, 4.69) is 64.9 Å². The van der Waals surface area contributed by atoms with Gasteiger partial charge in [-0.2, -0.15) is 4.98 Å². The van der Waals surface area contributed by atoms with E-state index in [0.717, 1.165) is 55.1 Å². The maximum absolute atomic E-state index is 6.31. The molecule has 3 heterocycles. The van der Waals surface area contributed by atoms with E-state index in [-0.39, 0.29) is 0 Å². The van der Waals surface area contributed by atoms with Gasteiger partial charge >= 0.3 is 0 Å². The van der Waals surface area contributed by atoms with Crippen LogP contribution in [0.5, 0.6) is 0 Å². The van der Waals surface area contributed by atoms with Gasteiger partial charge in [-0.05, 0) is 42.6 Å². The van der Waals surface area contributed by atoms with Crippen LogP contribution < -0.4 is 4.90 Å². The van der Waals surface area contributed by atoms with Gasteiger partial charge in [-0.25, -0.2) is 4.98 Å². The molecule has 0 radical (unpaired) electrons. The number of hydrogen-bond acceptors (Lipinski definition) is 5. The first kappa shape index (κ1) is 18.7. The predicted molar refractivity (Wildman–Crippen MR) is 116 cm³/mol. The van der Waals surface area contributed by atoms with Crippen LogP contribution in [0.15, 0.2) is 24.3 Å². The van der Waals surface area contributed by atoms with Crippen molar-refractivity contribution < 1.29 is 0 Å². The Morgan fingerprint density at radius 3 is 2.33 bits per heavy atom. The summed E-state index contributed by atoms with van der Waals surface area (Å²) in [5.74, 6) is 0.989. The van der Waals surface area contributed by atoms with Crippen molar-refractivity contribution in [1.29, 1.82) is 0 Å². The molecule has 0 bridgehead atoms. The molecule has 0 saturated carbocycles. The highest BCUT2D eigenvalue weighted by atomic mass is 35.5. The van der Waals surface area contributed by atoms with Crippen LogP contribution in [0.1, 0.15) is 24.3 Å². The standard InChI is InChI=1S/C21H25ClN4S/c1-4-14-6-8-15(9-7-14)17-16(5-2)27-20-18(17)19(23-21(22)24-20)26-12-10-25(3)11-13-26/h6-9H,4-5,10-13H2,1-3H3. The average Bonchev–Trinajstić information content (AvgIpc) is 3.06. The zero-order chi connectivity index (χ0) is 19.0. The minimum atomic E-state index is 0.341. The molecule has 1 saturated heterocycles. The number of likely N-dealkylation sites (N-methyl/N-ethyl adjacent to an activating group) is 1. The maximum atomic E-state index is 6.31. The molecule has 1 aliphatic rings. The molecule has 0 aliphatic carbocycles. The first-order valence-corrected chi connectivity index (χ1v) is 10.8. The highest BCUT2D eigenvalue weighted by molar-refractivity contribution is 7.19. The van der Waals surface area contributed by atoms with Crippen LogP contribution in [0, 0.1) is 0 Å². The molecule has 0 amide bonds. The predicted octanol–water partition coefficient (Wildman–Crippen LogP) is 4.89. The summed E-state index contributed by atoms with van der Waals surface area (Å²) in [6, 6.07) is 8.93. The number of nitrogens with zero attached hydrogens (tertiary/aromatic N) is 4. The number of anilines is 1. The molecule has 0 atom stereocenters. The molecule has 142 valence electrons. The molecule has 1 aromatic carbocycles. The molecule has 0 N–H and O–H groups in total. The molecule has 1 aliphatic heterocycles. The quantitative estimate of drug-likeness (QED) is 0.584. The Hall–Kier alpha value is -1.69. The van der Waals surface area contributed by atoms with Gasteiger partial charge in [-0.1, -0.05) is 38.1 Å². The fourth-order valence-electron chi connectivity index (χ4n) is 3.71. The second kappa shape index (κ2) is 7.74. The van der Waals surface area contributed by atoms with Crippen molar-refractivity contribution >= 4 is 39.0 Å². The first-order chi connectivity index (χ1) is 13.1. The molecular weight excluding hydrogens is 376 g/mol. The number of thiophene rings is 1. The molecule has 0 spiro atoms. The third kappa shape index (κ3) is 3.56. The highest BCUT2D eigenvalue weighted by Gasteiger charge is 2.24. The van der Waals surface area contributed by atoms with Crippen molar-refractivity contribution in [2.24, 2.45) is 0 Å². The van der Waals surface area contributed by atoms with Crippen molar-refractivity contribution in [3.63, 3.8) is 0 Å². The summed E-state index contributed by atoms with van der Waals surface area (Å²) < 4.78 is 0. The van der Waals surface area contributed by atoms with E-state index in [1.807, 2.05) is 0 Å². The van der Waals surface area contributed by atoms with Crippen molar-refractivity contribution in [3.05, 3.63) is 40.0 Å². The van der Waals surface area contributed by atoms with Gasteiger partial charge in [0.15, 0.2) is 0 Å². The van der Waals surface area contributed by atoms with Crippen molar-refractivity contribution in [3.8, 4) is 11.1 Å². The van der Waals surface area contributed by atoms with Crippen molar-refractivity contribution in [2.45, 2.75) is 26.7 Å². The van der Waals surface area contributed by atoms with Crippen molar-refractivity contribution in [1.82, 2.24) is 14.9 Å². The topological polar surface area (TPSA) is 32.3 Å². The summed E-state index contributed by atoms with van der Waals surface area (Å²) in [4.78, 5) is 16.3. The van der Waals surface area contributed by atoms with E-state index in [4.69, 9.17) is 11.6 Å². The van der Waals surface area contributed by atoms with Crippen LogP contribution in [0.3, 0.4) is 0 Å². The zero-order valence-electron chi connectivity index (χ0n) is 16.1. The molecule has 2 aromatic heterocycles. The van der Waals surface area contributed by atoms with Gasteiger partial charge in [0.2, 0.25) is 5.28 Å². The lowest BCUT2D eigenvalue weighted by molar-refractivity contribution is 0.312. The number of fused-ring (bicyclic) bond motifs is 1. The van der Waals surface area contributed by atoms with Gasteiger partial charge in [-0.3, -0.25) is 0 Å². The minimum absolute atomic E-state index is 0.341. The zero-order valence-corrected chi connectivity index (χ0v) is 17.7. The fraction of sp³-hybridized carbons (Fsp3) is 0.429. The highest BCUT2D eigenvalue weighted by Crippen LogP contribution is 2.43. The second-order valence-corrected chi connectivity index (χ2v) is 8.51. The maximum Gasteiger partial charge on any atom is 0.225 e. The van der Waals surface area contributed by atoms with Gasteiger partial charge in [0.05, 0.1) is 5.39 Å². The summed E-state index contributed by atoms with van der Waals surface area (Å²) in [6.07, 6.45) is 2.03. The Kier molecular flexibility index (Phi) is 5.35. The number of hydrogen-bond donors (Lipinski definition) is 0. The Balaban J connectivity index is 1.91. The van der Waals surface area contributed by atoms with Crippen LogP contribution in [0.4, 0.5) is 5.82 Å². The van der Waals surface area contributed by atoms with Gasteiger partial charge in [-0.15, -0.1) is 11.3 Å². The van der Waals surface area contributed by atoms with Crippen molar-refractivity contribution in [2.75, 3.05) is 38.1 Å². The van der Waals surface area contributed by atoms with E-state index in [0.29, 0.717) is 5.28 Å². The molecule has 4 rings (SSSR count).